The van der Waals surface area contributed by atoms with E-state index in [0.29, 0.717) is 25.2 Å². The predicted octanol–water partition coefficient (Wildman–Crippen LogP) is 3.97. The molecule has 0 saturated carbocycles. The normalized spacial score (nSPS) is 16.3. The first kappa shape index (κ1) is 18.9. The van der Waals surface area contributed by atoms with Gasteiger partial charge < -0.3 is 15.1 Å². The van der Waals surface area contributed by atoms with E-state index in [4.69, 9.17) is 0 Å². The Kier molecular flexibility index (Phi) is 5.74. The van der Waals surface area contributed by atoms with Crippen LogP contribution in [-0.2, 0) is 4.79 Å². The molecule has 0 radical (unpaired) electrons. The zero-order valence-electron chi connectivity index (χ0n) is 15.6. The van der Waals surface area contributed by atoms with Crippen molar-refractivity contribution in [1.29, 1.82) is 0 Å². The zero-order chi connectivity index (χ0) is 19.4. The quantitative estimate of drug-likeness (QED) is 0.887. The molecule has 2 aromatic carbocycles. The maximum absolute atomic E-state index is 13.4. The number of hydrogen-bond donors (Lipinski definition) is 1. The van der Waals surface area contributed by atoms with Crippen LogP contribution in [0.5, 0.6) is 0 Å². The van der Waals surface area contributed by atoms with Gasteiger partial charge in [0.15, 0.2) is 0 Å². The van der Waals surface area contributed by atoms with Gasteiger partial charge in [0.25, 0.3) is 0 Å². The van der Waals surface area contributed by atoms with Crippen molar-refractivity contribution in [2.24, 2.45) is 0 Å². The van der Waals surface area contributed by atoms with Gasteiger partial charge in [-0.2, -0.15) is 0 Å². The highest BCUT2D eigenvalue weighted by atomic mass is 19.1. The van der Waals surface area contributed by atoms with E-state index in [1.807, 2.05) is 30.0 Å². The van der Waals surface area contributed by atoms with Crippen LogP contribution in [0.2, 0.25) is 0 Å². The predicted molar refractivity (Wildman–Crippen MR) is 104 cm³/mol. The maximum atomic E-state index is 13.4. The van der Waals surface area contributed by atoms with Crippen LogP contribution in [0.1, 0.15) is 19.8 Å². The number of halogens is 1. The van der Waals surface area contributed by atoms with Gasteiger partial charge in [-0.25, -0.2) is 9.18 Å². The second kappa shape index (κ2) is 8.20. The van der Waals surface area contributed by atoms with Crippen molar-refractivity contribution >= 4 is 17.6 Å². The van der Waals surface area contributed by atoms with Crippen LogP contribution in [0.15, 0.2) is 48.5 Å². The third kappa shape index (κ3) is 4.45. The lowest BCUT2D eigenvalue weighted by atomic mass is 10.1. The molecule has 3 rings (SSSR count). The number of nitrogens with zero attached hydrogens (tertiary/aromatic N) is 2. The SMILES string of the molecule is CCC(=O)N1CC[C@H](N(C)C(=O)Nc2ccc(-c3cccc(F)c3)cc2)C1. The number of rotatable bonds is 4. The monoisotopic (exact) mass is 369 g/mol. The minimum atomic E-state index is -0.279. The molecular formula is C21H24FN3O2. The average molecular weight is 369 g/mol. The average Bonchev–Trinajstić information content (AvgIpc) is 3.17. The number of hydrogen-bond acceptors (Lipinski definition) is 2. The molecule has 1 N–H and O–H groups in total. The minimum absolute atomic E-state index is 0.0204. The van der Waals surface area contributed by atoms with Gasteiger partial charge in [0.2, 0.25) is 5.91 Å². The largest absolute Gasteiger partial charge is 0.341 e. The zero-order valence-corrected chi connectivity index (χ0v) is 15.6. The van der Waals surface area contributed by atoms with Gasteiger partial charge in [-0.15, -0.1) is 0 Å². The molecule has 6 heteroatoms. The summed E-state index contributed by atoms with van der Waals surface area (Å²) in [6.07, 6.45) is 1.27. The van der Waals surface area contributed by atoms with Crippen molar-refractivity contribution in [1.82, 2.24) is 9.80 Å². The van der Waals surface area contributed by atoms with Crippen LogP contribution in [0.4, 0.5) is 14.9 Å². The highest BCUT2D eigenvalue weighted by Gasteiger charge is 2.30. The maximum Gasteiger partial charge on any atom is 0.321 e. The fourth-order valence-corrected chi connectivity index (χ4v) is 3.30. The molecule has 142 valence electrons. The van der Waals surface area contributed by atoms with Gasteiger partial charge in [0.05, 0.1) is 6.04 Å². The van der Waals surface area contributed by atoms with E-state index in [1.165, 1.54) is 12.1 Å². The van der Waals surface area contributed by atoms with Gasteiger partial charge in [0, 0.05) is 32.2 Å². The number of nitrogens with one attached hydrogen (secondary N) is 1. The fourth-order valence-electron chi connectivity index (χ4n) is 3.30. The van der Waals surface area contributed by atoms with Crippen molar-refractivity contribution in [2.75, 3.05) is 25.5 Å². The Balaban J connectivity index is 1.60. The van der Waals surface area contributed by atoms with Gasteiger partial charge in [-0.3, -0.25) is 4.79 Å². The summed E-state index contributed by atoms with van der Waals surface area (Å²) in [5, 5.41) is 2.88. The Labute approximate surface area is 158 Å². The summed E-state index contributed by atoms with van der Waals surface area (Å²) in [5.41, 5.74) is 2.34. The number of likely N-dealkylation sites (N-methyl/N-ethyl adjacent to an activating group) is 1. The van der Waals surface area contributed by atoms with Crippen molar-refractivity contribution < 1.29 is 14.0 Å². The Morgan fingerprint density at radius 1 is 1.19 bits per heavy atom. The molecule has 1 heterocycles. The number of benzene rings is 2. The molecule has 27 heavy (non-hydrogen) atoms. The molecule has 1 aliphatic heterocycles. The molecule has 1 aliphatic rings. The van der Waals surface area contributed by atoms with Crippen LogP contribution in [0.25, 0.3) is 11.1 Å². The number of anilines is 1. The second-order valence-corrected chi connectivity index (χ2v) is 6.76. The van der Waals surface area contributed by atoms with Gasteiger partial charge in [-0.05, 0) is 41.8 Å². The topological polar surface area (TPSA) is 52.7 Å². The molecule has 0 spiro atoms. The Morgan fingerprint density at radius 2 is 1.93 bits per heavy atom. The summed E-state index contributed by atoms with van der Waals surface area (Å²) in [7, 11) is 1.75. The number of carbonyl (C=O) groups excluding carboxylic acids is 2. The van der Waals surface area contributed by atoms with Crippen LogP contribution in [-0.4, -0.2) is 47.9 Å². The highest BCUT2D eigenvalue weighted by Crippen LogP contribution is 2.23. The fraction of sp³-hybridized carbons (Fsp3) is 0.333. The molecule has 1 atom stereocenters. The van der Waals surface area contributed by atoms with Gasteiger partial charge >= 0.3 is 6.03 Å². The first-order valence-electron chi connectivity index (χ1n) is 9.15. The number of urea groups is 1. The smallest absolute Gasteiger partial charge is 0.321 e. The van der Waals surface area contributed by atoms with E-state index >= 15 is 0 Å². The van der Waals surface area contributed by atoms with Crippen molar-refractivity contribution in [3.8, 4) is 11.1 Å². The van der Waals surface area contributed by atoms with Crippen molar-refractivity contribution in [3.05, 3.63) is 54.3 Å². The van der Waals surface area contributed by atoms with Crippen LogP contribution in [0.3, 0.4) is 0 Å². The molecule has 0 aliphatic carbocycles. The standard InChI is InChI=1S/C21H24FN3O2/c1-3-20(26)25-12-11-19(14-25)24(2)21(27)23-18-9-7-15(8-10-18)16-5-4-6-17(22)13-16/h4-10,13,19H,3,11-12,14H2,1-2H3,(H,23,27)/t19-/m0/s1. The summed E-state index contributed by atoms with van der Waals surface area (Å²) < 4.78 is 13.4. The molecule has 0 unspecified atom stereocenters. The van der Waals surface area contributed by atoms with Crippen LogP contribution >= 0.6 is 0 Å². The number of likely N-dealkylation sites (tertiary alicyclic amines) is 1. The van der Waals surface area contributed by atoms with E-state index in [0.717, 1.165) is 17.5 Å². The molecule has 5 nitrogen and oxygen atoms in total. The molecule has 2 aromatic rings. The first-order chi connectivity index (χ1) is 13.0. The molecule has 3 amide bonds. The highest BCUT2D eigenvalue weighted by molar-refractivity contribution is 5.89. The van der Waals surface area contributed by atoms with Crippen molar-refractivity contribution in [2.45, 2.75) is 25.8 Å². The summed E-state index contributed by atoms with van der Waals surface area (Å²) in [6.45, 7) is 3.12. The van der Waals surface area contributed by atoms with Crippen LogP contribution in [0, 0.1) is 5.82 Å². The molecule has 0 aromatic heterocycles. The second-order valence-electron chi connectivity index (χ2n) is 6.76. The number of amides is 3. The summed E-state index contributed by atoms with van der Waals surface area (Å²) in [6, 6.07) is 13.5. The van der Waals surface area contributed by atoms with Gasteiger partial charge in [-0.1, -0.05) is 31.2 Å². The Bertz CT molecular complexity index is 822. The minimum Gasteiger partial charge on any atom is -0.341 e. The van der Waals surface area contributed by atoms with Crippen LogP contribution < -0.4 is 5.32 Å². The molecular weight excluding hydrogens is 345 g/mol. The van der Waals surface area contributed by atoms with E-state index in [2.05, 4.69) is 5.32 Å². The molecule has 1 fully saturated rings. The van der Waals surface area contributed by atoms with Crippen molar-refractivity contribution in [3.63, 3.8) is 0 Å². The summed E-state index contributed by atoms with van der Waals surface area (Å²) in [5.74, 6) is -0.155. The number of carbonyl (C=O) groups is 2. The first-order valence-corrected chi connectivity index (χ1v) is 9.15. The Hall–Kier alpha value is -2.89. The lowest BCUT2D eigenvalue weighted by Gasteiger charge is -2.25. The third-order valence-corrected chi connectivity index (χ3v) is 4.98. The lowest BCUT2D eigenvalue weighted by Crippen LogP contribution is -2.42. The third-order valence-electron chi connectivity index (χ3n) is 4.98. The van der Waals surface area contributed by atoms with E-state index in [9.17, 15) is 14.0 Å². The molecule has 0 bridgehead atoms. The Morgan fingerprint density at radius 3 is 2.59 bits per heavy atom. The van der Waals surface area contributed by atoms with E-state index in [1.54, 1.807) is 30.1 Å². The van der Waals surface area contributed by atoms with Gasteiger partial charge in [0.1, 0.15) is 5.82 Å². The summed E-state index contributed by atoms with van der Waals surface area (Å²) in [4.78, 5) is 27.8. The lowest BCUT2D eigenvalue weighted by molar-refractivity contribution is -0.129. The van der Waals surface area contributed by atoms with E-state index < -0.39 is 0 Å². The summed E-state index contributed by atoms with van der Waals surface area (Å²) >= 11 is 0. The molecule has 1 saturated heterocycles. The van der Waals surface area contributed by atoms with E-state index in [-0.39, 0.29) is 23.8 Å².